The predicted octanol–water partition coefficient (Wildman–Crippen LogP) is 7.94. The maximum atomic E-state index is 15.1. The van der Waals surface area contributed by atoms with Crippen LogP contribution in [0.1, 0.15) is 169 Å². The van der Waals surface area contributed by atoms with Crippen molar-refractivity contribution in [1.82, 2.24) is 66.9 Å². The van der Waals surface area contributed by atoms with E-state index in [2.05, 4.69) is 57.7 Å². The Hall–Kier alpha value is -11.9. The van der Waals surface area contributed by atoms with Gasteiger partial charge < -0.3 is 119 Å². The van der Waals surface area contributed by atoms with Crippen molar-refractivity contribution < 1.29 is 95.8 Å². The highest BCUT2D eigenvalue weighted by Crippen LogP contribution is 2.45. The lowest BCUT2D eigenvalue weighted by atomic mass is 9.89. The van der Waals surface area contributed by atoms with Gasteiger partial charge in [0.05, 0.1) is 90.0 Å². The highest BCUT2D eigenvalue weighted by Gasteiger charge is 2.45. The van der Waals surface area contributed by atoms with Crippen LogP contribution in [-0.2, 0) is 73.5 Å². The molecule has 0 bridgehead atoms. The third-order valence-corrected chi connectivity index (χ3v) is 25.1. The lowest BCUT2D eigenvalue weighted by Gasteiger charge is -2.41. The van der Waals surface area contributed by atoms with Crippen molar-refractivity contribution in [2.75, 3.05) is 109 Å². The molecule has 40 heteroatoms. The van der Waals surface area contributed by atoms with E-state index in [9.17, 15) is 63.0 Å². The highest BCUT2D eigenvalue weighted by molar-refractivity contribution is 6.31. The second-order valence-corrected chi connectivity index (χ2v) is 36.7. The second-order valence-electron chi connectivity index (χ2n) is 36.3. The van der Waals surface area contributed by atoms with Crippen LogP contribution in [0.3, 0.4) is 0 Å². The number of H-pyrrole nitrogens is 1. The number of ether oxygens (including phenoxy) is 5. The molecule has 137 heavy (non-hydrogen) atoms. The minimum Gasteiger partial charge on any atom is -0.490 e. The molecular weight excluding hydrogens is 1790 g/mol. The van der Waals surface area contributed by atoms with Crippen LogP contribution in [0.5, 0.6) is 5.75 Å². The van der Waals surface area contributed by atoms with Crippen LogP contribution in [0, 0.1) is 42.3 Å². The van der Waals surface area contributed by atoms with Gasteiger partial charge in [-0.1, -0.05) is 123 Å². The summed E-state index contributed by atoms with van der Waals surface area (Å²) in [5.74, 6) is -8.75. The van der Waals surface area contributed by atoms with E-state index in [1.165, 1.54) is 56.5 Å². The number of aryl methyl sites for hydroxylation is 1. The van der Waals surface area contributed by atoms with E-state index in [-0.39, 0.29) is 126 Å². The van der Waals surface area contributed by atoms with Crippen molar-refractivity contribution in [2.45, 2.75) is 233 Å². The SMILES string of the molecule is CC[C@H](C)[C@@H]([C@@H](CC(=O)N1CCC[C@H]1[C@H](OC)[C@@H](C)C(=O)N[C@H](C)[C@@H](O)c1ccccc1)OC)N(C)C(=O)[C@@H](NC(=O)[C@H](C(C)C)N(C)C(=O)OCc1ccc(NC(=O)[C@H](CCCNC(N)=O)NC(=O)[C@@H](NC(=O)[C@H](CCC(=O)O)NC(=O)CCOCCC(=O)NCCNc2ncc(-c3cc(C)cc(F)c3)c(N3CCC(N)CC3)c2-c2nc3ccc(Cl)cc3[nH]2)C(C)C)c(OCCN)c1)C(C)C. The number of likely N-dealkylation sites (N-methyl/N-ethyl adjacent to an activating group) is 2. The van der Waals surface area contributed by atoms with Gasteiger partial charge in [0, 0.05) is 116 Å². The summed E-state index contributed by atoms with van der Waals surface area (Å²) in [5.41, 5.74) is 23.5. The molecule has 2 aromatic heterocycles. The fourth-order valence-corrected chi connectivity index (χ4v) is 17.4. The highest BCUT2D eigenvalue weighted by atomic mass is 35.5. The zero-order chi connectivity index (χ0) is 101. The van der Waals surface area contributed by atoms with Gasteiger partial charge in [0.15, 0.2) is 0 Å². The molecule has 0 saturated carbocycles. The molecule has 4 heterocycles. The zero-order valence-corrected chi connectivity index (χ0v) is 82.0. The van der Waals surface area contributed by atoms with E-state index in [0.717, 1.165) is 16.2 Å². The number of hydrogen-bond acceptors (Lipinski definition) is 24. The number of nitrogens with one attached hydrogen (secondary N) is 10. The quantitative estimate of drug-likeness (QED) is 0.0161. The van der Waals surface area contributed by atoms with Crippen molar-refractivity contribution >= 4 is 111 Å². The Morgan fingerprint density at radius 2 is 1.39 bits per heavy atom. The molecule has 0 spiro atoms. The number of carboxylic acid groups (broad SMARTS) is 1. The van der Waals surface area contributed by atoms with Gasteiger partial charge in [-0.2, -0.15) is 0 Å². The lowest BCUT2D eigenvalue weighted by molar-refractivity contribution is -0.148. The minimum atomic E-state index is -1.48. The number of nitrogens with two attached hydrogens (primary N) is 3. The summed E-state index contributed by atoms with van der Waals surface area (Å²) >= 11 is 6.41. The molecule has 0 aliphatic carbocycles. The third-order valence-electron chi connectivity index (χ3n) is 24.9. The Bertz CT molecular complexity index is 5050. The Labute approximate surface area is 805 Å². The smallest absolute Gasteiger partial charge is 0.410 e. The number of amides is 12. The van der Waals surface area contributed by atoms with E-state index in [1.54, 1.807) is 116 Å². The standard InChI is InChI=1S/C97H141ClFN19O19/c1-16-58(9)84(75(133-14)51-78(121)118-40-21-25-73(118)87(134-15)59(10)90(125)107-60(11)86(124)62-22-18-17-19-23-62)115(12)95(130)82(55(4)5)114-94(129)83(56(6)7)116(13)97(132)137-53-61-26-28-69(74(48-61)136-45-36-100)111-91(126)70(24-20-37-105-96(102)131)112-93(128)81(54(2)3)113-92(127)71(30-31-79(122)123)108-77(120)35-44-135-43-34-76(119)103-38-39-104-88-80(89-109-68-29-27-64(98)50-72(68)110-89)85(117-41-32-66(101)33-42-117)67(52-106-88)63-46-57(8)47-65(99)49-63/h17-19,22-23,26-29,46-50,52,54-56,58-60,66,70-71,73,75,81-84,86-87,124H,16,20-21,24-25,30-45,51,53,100-101H2,1-15H3,(H,103,119)(H,104,106)(H,107,125)(H,108,120)(H,109,110)(H,111,126)(H,112,128)(H,113,127)(H,114,129)(H,122,123)(H3,102,105,131)/t58-,59+,60+,70-,71-,73-,75+,81-,82-,83-,84-,86+,87+/m0/s1. The first-order valence-corrected chi connectivity index (χ1v) is 47.4. The average molecular weight is 1930 g/mol. The van der Waals surface area contributed by atoms with Gasteiger partial charge in [-0.3, -0.25) is 52.8 Å². The molecule has 0 radical (unpaired) electrons. The van der Waals surface area contributed by atoms with Gasteiger partial charge in [-0.15, -0.1) is 0 Å². The van der Waals surface area contributed by atoms with E-state index >= 15 is 9.18 Å². The second kappa shape index (κ2) is 53.7. The van der Waals surface area contributed by atoms with Gasteiger partial charge in [0.2, 0.25) is 53.2 Å². The number of aliphatic carboxylic acids is 1. The van der Waals surface area contributed by atoms with Crippen molar-refractivity contribution in [3.05, 3.63) is 119 Å². The molecule has 0 unspecified atom stereocenters. The summed E-state index contributed by atoms with van der Waals surface area (Å²) in [7, 11) is 5.98. The number of nitrogens with zero attached hydrogens (tertiary/aromatic N) is 6. The molecule has 38 nitrogen and oxygen atoms in total. The van der Waals surface area contributed by atoms with Crippen LogP contribution in [0.4, 0.5) is 31.2 Å². The molecule has 2 aliphatic heterocycles. The lowest BCUT2D eigenvalue weighted by Crippen LogP contribution is -2.60. The molecule has 13 atom stereocenters. The van der Waals surface area contributed by atoms with Crippen molar-refractivity contribution in [1.29, 1.82) is 0 Å². The number of halogens is 2. The molecular formula is C97H141ClFN19O19. The van der Waals surface area contributed by atoms with E-state index in [1.807, 2.05) is 32.9 Å². The largest absolute Gasteiger partial charge is 0.490 e. The van der Waals surface area contributed by atoms with Crippen LogP contribution < -0.4 is 74.7 Å². The van der Waals surface area contributed by atoms with Gasteiger partial charge in [0.1, 0.15) is 66.6 Å². The number of aromatic nitrogens is 3. The number of hydrogen-bond donors (Lipinski definition) is 15. The van der Waals surface area contributed by atoms with Crippen molar-refractivity contribution in [3.63, 3.8) is 0 Å². The topological polar surface area (TPSA) is 532 Å². The van der Waals surface area contributed by atoms with Crippen LogP contribution in [0.25, 0.3) is 33.5 Å². The van der Waals surface area contributed by atoms with Gasteiger partial charge in [-0.05, 0) is 147 Å². The maximum absolute atomic E-state index is 15.1. The number of fused-ring (bicyclic) bond motifs is 1. The number of carboxylic acids is 1. The number of likely N-dealkylation sites (tertiary alicyclic amines) is 1. The molecule has 12 amide bonds. The van der Waals surface area contributed by atoms with Gasteiger partial charge >= 0.3 is 18.1 Å². The molecule has 2 fully saturated rings. The van der Waals surface area contributed by atoms with Gasteiger partial charge in [-0.25, -0.2) is 23.9 Å². The number of primary amides is 1. The summed E-state index contributed by atoms with van der Waals surface area (Å²) in [6, 6.07) is 14.4. The summed E-state index contributed by atoms with van der Waals surface area (Å²) in [4.78, 5) is 186. The monoisotopic (exact) mass is 1930 g/mol. The van der Waals surface area contributed by atoms with E-state index in [0.29, 0.717) is 107 Å². The first-order valence-electron chi connectivity index (χ1n) is 47.0. The number of imidazole rings is 1. The first-order chi connectivity index (χ1) is 65.2. The van der Waals surface area contributed by atoms with E-state index in [4.69, 9.17) is 62.5 Å². The summed E-state index contributed by atoms with van der Waals surface area (Å²) in [5, 5.41) is 46.4. The van der Waals surface area contributed by atoms with Crippen molar-refractivity contribution in [3.8, 4) is 28.3 Å². The normalized spacial score (nSPS) is 16.1. The number of carbonyl (C=O) groups excluding carboxylic acids is 11. The van der Waals surface area contributed by atoms with Crippen LogP contribution >= 0.6 is 11.6 Å². The van der Waals surface area contributed by atoms with E-state index < -0.39 is 163 Å². The summed E-state index contributed by atoms with van der Waals surface area (Å²) < 4.78 is 44.7. The molecule has 8 rings (SSSR count). The number of benzene rings is 4. The number of methoxy groups -OCH3 is 2. The first kappa shape index (κ1) is 110. The fraction of sp³-hybridized carbons (Fsp3) is 0.567. The Morgan fingerprint density at radius 3 is 2.04 bits per heavy atom. The third kappa shape index (κ3) is 31.8. The molecule has 2 aliphatic rings. The number of anilines is 3. The number of piperidine rings is 1. The molecule has 4 aromatic carbocycles. The summed E-state index contributed by atoms with van der Waals surface area (Å²) in [6.07, 6.45) is -0.0584. The Balaban J connectivity index is 0.848. The van der Waals surface area contributed by atoms with Gasteiger partial charge in [0.25, 0.3) is 0 Å². The van der Waals surface area contributed by atoms with Crippen molar-refractivity contribution in [2.24, 2.45) is 46.8 Å². The molecule has 752 valence electrons. The minimum absolute atomic E-state index is 0.00412. The maximum Gasteiger partial charge on any atom is 0.410 e. The zero-order valence-electron chi connectivity index (χ0n) is 81.2. The Morgan fingerprint density at radius 1 is 0.708 bits per heavy atom. The Kier molecular flexibility index (Phi) is 43.3. The number of aromatic amines is 1. The molecule has 6 aromatic rings. The van der Waals surface area contributed by atoms with Crippen LogP contribution in [0.2, 0.25) is 5.02 Å². The number of rotatable bonds is 53. The molecule has 2 saturated heterocycles. The average Bonchev–Trinajstić information content (AvgIpc) is 1.43. The van der Waals surface area contributed by atoms with Crippen LogP contribution in [0.15, 0.2) is 91.1 Å². The van der Waals surface area contributed by atoms with Crippen LogP contribution in [-0.4, -0.2) is 272 Å². The number of urea groups is 1. The molecule has 18 N–H and O–H groups in total. The summed E-state index contributed by atoms with van der Waals surface area (Å²) in [6.45, 7) is 20.6. The predicted molar refractivity (Wildman–Crippen MR) is 518 cm³/mol. The number of aliphatic hydroxyl groups is 1. The number of aliphatic hydroxyl groups excluding tert-OH is 1. The fourth-order valence-electron chi connectivity index (χ4n) is 17.3. The number of carbonyl (C=O) groups is 12. The number of pyridine rings is 1.